The molecule has 0 radical (unpaired) electrons. The molecule has 0 saturated carbocycles. The molecule has 2 N–H and O–H groups in total. The molecule has 0 heterocycles. The van der Waals surface area contributed by atoms with E-state index in [2.05, 4.69) is 19.2 Å². The van der Waals surface area contributed by atoms with Crippen molar-refractivity contribution in [3.8, 4) is 0 Å². The summed E-state index contributed by atoms with van der Waals surface area (Å²) in [5.41, 5.74) is -0.998. The van der Waals surface area contributed by atoms with E-state index >= 15 is 0 Å². The molecule has 0 fully saturated rings. The Kier molecular flexibility index (Phi) is 8.45. The highest BCUT2D eigenvalue weighted by Gasteiger charge is 2.35. The van der Waals surface area contributed by atoms with E-state index in [1.54, 1.807) is 20.9 Å². The van der Waals surface area contributed by atoms with Gasteiger partial charge in [0.1, 0.15) is 0 Å². The molecule has 0 amide bonds. The first-order valence-electron chi connectivity index (χ1n) is 7.31. The lowest BCUT2D eigenvalue weighted by molar-refractivity contribution is -0.130. The third-order valence-electron chi connectivity index (χ3n) is 3.49. The summed E-state index contributed by atoms with van der Waals surface area (Å²) in [5, 5.41) is 13.0. The van der Waals surface area contributed by atoms with Crippen LogP contribution < -0.4 is 5.32 Å². The Labute approximate surface area is 112 Å². The molecular weight excluding hydrogens is 226 g/mol. The van der Waals surface area contributed by atoms with Gasteiger partial charge >= 0.3 is 0 Å². The minimum atomic E-state index is -0.998. The summed E-state index contributed by atoms with van der Waals surface area (Å²) in [6, 6.07) is -0.462. The van der Waals surface area contributed by atoms with Gasteiger partial charge in [0, 0.05) is 5.92 Å². The molecule has 0 rings (SSSR count). The molecule has 1 atom stereocenters. The molecule has 18 heavy (non-hydrogen) atoms. The lowest BCUT2D eigenvalue weighted by Gasteiger charge is -2.31. The number of unbranched alkanes of at least 4 members (excludes halogenated alkanes) is 2. The average Bonchev–Trinajstić information content (AvgIpc) is 2.28. The first-order chi connectivity index (χ1) is 8.38. The van der Waals surface area contributed by atoms with Gasteiger partial charge in [-0.1, -0.05) is 39.5 Å². The van der Waals surface area contributed by atoms with E-state index in [4.69, 9.17) is 0 Å². The normalized spacial score (nSPS) is 13.9. The maximum atomic E-state index is 12.5. The van der Waals surface area contributed by atoms with Gasteiger partial charge in [0.2, 0.25) is 0 Å². The second kappa shape index (κ2) is 8.65. The highest BCUT2D eigenvalue weighted by Crippen LogP contribution is 2.22. The second-order valence-electron chi connectivity index (χ2n) is 5.76. The number of likely N-dealkylation sites (N-methyl/N-ethyl adjacent to an activating group) is 1. The van der Waals surface area contributed by atoms with E-state index in [1.807, 2.05) is 0 Å². The van der Waals surface area contributed by atoms with Crippen LogP contribution in [0.5, 0.6) is 0 Å². The van der Waals surface area contributed by atoms with Crippen molar-refractivity contribution in [2.75, 3.05) is 7.05 Å². The highest BCUT2D eigenvalue weighted by molar-refractivity contribution is 5.87. The van der Waals surface area contributed by atoms with Crippen LogP contribution in [0.1, 0.15) is 66.2 Å². The monoisotopic (exact) mass is 257 g/mol. The van der Waals surface area contributed by atoms with E-state index in [0.717, 1.165) is 38.5 Å². The Bertz CT molecular complexity index is 225. The van der Waals surface area contributed by atoms with Gasteiger partial charge in [-0.05, 0) is 33.7 Å². The van der Waals surface area contributed by atoms with Crippen molar-refractivity contribution >= 4 is 5.78 Å². The van der Waals surface area contributed by atoms with Crippen molar-refractivity contribution in [2.45, 2.75) is 77.9 Å². The predicted molar refractivity (Wildman–Crippen MR) is 76.7 cm³/mol. The number of hydrogen-bond donors (Lipinski definition) is 2. The van der Waals surface area contributed by atoms with Gasteiger partial charge in [0.15, 0.2) is 5.78 Å². The molecule has 3 nitrogen and oxygen atoms in total. The van der Waals surface area contributed by atoms with Crippen LogP contribution in [0.3, 0.4) is 0 Å². The first kappa shape index (κ1) is 17.6. The molecule has 0 spiro atoms. The SMILES string of the molecule is CCCCC(CCCC)C(=O)[C@@H](NC)C(C)(C)O. The Balaban J connectivity index is 4.68. The maximum Gasteiger partial charge on any atom is 0.155 e. The first-order valence-corrected chi connectivity index (χ1v) is 7.31. The van der Waals surface area contributed by atoms with Crippen LogP contribution in [0, 0.1) is 5.92 Å². The second-order valence-corrected chi connectivity index (χ2v) is 5.76. The zero-order valence-electron chi connectivity index (χ0n) is 12.8. The minimum Gasteiger partial charge on any atom is -0.388 e. The van der Waals surface area contributed by atoms with Gasteiger partial charge in [-0.15, -0.1) is 0 Å². The Morgan fingerprint density at radius 2 is 1.61 bits per heavy atom. The molecular formula is C15H31NO2. The van der Waals surface area contributed by atoms with Crippen LogP contribution in [0.15, 0.2) is 0 Å². The van der Waals surface area contributed by atoms with Crippen LogP contribution in [0.2, 0.25) is 0 Å². The molecule has 3 heteroatoms. The molecule has 0 aromatic heterocycles. The fraction of sp³-hybridized carbons (Fsp3) is 0.933. The zero-order chi connectivity index (χ0) is 14.2. The highest BCUT2D eigenvalue weighted by atomic mass is 16.3. The van der Waals surface area contributed by atoms with Crippen LogP contribution >= 0.6 is 0 Å². The van der Waals surface area contributed by atoms with Gasteiger partial charge in [-0.25, -0.2) is 0 Å². The molecule has 0 aliphatic rings. The molecule has 0 aliphatic heterocycles. The maximum absolute atomic E-state index is 12.5. The van der Waals surface area contributed by atoms with E-state index in [1.165, 1.54) is 0 Å². The number of rotatable bonds is 10. The third-order valence-corrected chi connectivity index (χ3v) is 3.49. The summed E-state index contributed by atoms with van der Waals surface area (Å²) in [6.07, 6.45) is 6.29. The van der Waals surface area contributed by atoms with Crippen LogP contribution in [-0.2, 0) is 4.79 Å². The van der Waals surface area contributed by atoms with Crippen LogP contribution in [-0.4, -0.2) is 29.6 Å². The quantitative estimate of drug-likeness (QED) is 0.632. The lowest BCUT2D eigenvalue weighted by atomic mass is 9.83. The number of carbonyl (C=O) groups excluding carboxylic acids is 1. The summed E-state index contributed by atoms with van der Waals surface area (Å²) in [6.45, 7) is 7.69. The van der Waals surface area contributed by atoms with Crippen molar-refractivity contribution in [3.63, 3.8) is 0 Å². The molecule has 0 bridgehead atoms. The third kappa shape index (κ3) is 5.96. The summed E-state index contributed by atoms with van der Waals surface area (Å²) in [7, 11) is 1.75. The smallest absolute Gasteiger partial charge is 0.155 e. The largest absolute Gasteiger partial charge is 0.388 e. The molecule has 0 saturated heterocycles. The molecule has 0 aromatic rings. The van der Waals surface area contributed by atoms with Crippen molar-refractivity contribution in [2.24, 2.45) is 5.92 Å². The number of Topliss-reactive ketones (excluding diaryl/α,β-unsaturated/α-hetero) is 1. The molecule has 0 aromatic carbocycles. The summed E-state index contributed by atoms with van der Waals surface area (Å²) >= 11 is 0. The molecule has 0 aliphatic carbocycles. The lowest BCUT2D eigenvalue weighted by Crippen LogP contribution is -2.52. The van der Waals surface area contributed by atoms with E-state index in [-0.39, 0.29) is 11.7 Å². The zero-order valence-corrected chi connectivity index (χ0v) is 12.8. The fourth-order valence-corrected chi connectivity index (χ4v) is 2.41. The van der Waals surface area contributed by atoms with Gasteiger partial charge in [0.25, 0.3) is 0 Å². The minimum absolute atomic E-state index is 0.0915. The standard InChI is InChI=1S/C15H31NO2/c1-6-8-10-12(11-9-7-2)13(17)14(16-5)15(3,4)18/h12,14,16,18H,6-11H2,1-5H3/t14-/m1/s1. The average molecular weight is 257 g/mol. The van der Waals surface area contributed by atoms with Crippen molar-refractivity contribution in [1.29, 1.82) is 0 Å². The number of ketones is 1. The Morgan fingerprint density at radius 3 is 1.89 bits per heavy atom. The number of carbonyl (C=O) groups is 1. The van der Waals surface area contributed by atoms with Gasteiger partial charge in [0.05, 0.1) is 11.6 Å². The molecule has 108 valence electrons. The Morgan fingerprint density at radius 1 is 1.17 bits per heavy atom. The van der Waals surface area contributed by atoms with Crippen molar-refractivity contribution < 1.29 is 9.90 Å². The van der Waals surface area contributed by atoms with Gasteiger partial charge in [-0.3, -0.25) is 4.79 Å². The predicted octanol–water partition coefficient (Wildman–Crippen LogP) is 2.91. The summed E-state index contributed by atoms with van der Waals surface area (Å²) in [4.78, 5) is 12.5. The number of aliphatic hydroxyl groups is 1. The molecule has 0 unspecified atom stereocenters. The summed E-state index contributed by atoms with van der Waals surface area (Å²) < 4.78 is 0. The van der Waals surface area contributed by atoms with E-state index in [0.29, 0.717) is 0 Å². The fourth-order valence-electron chi connectivity index (χ4n) is 2.41. The van der Waals surface area contributed by atoms with E-state index < -0.39 is 11.6 Å². The van der Waals surface area contributed by atoms with Crippen LogP contribution in [0.25, 0.3) is 0 Å². The number of nitrogens with one attached hydrogen (secondary N) is 1. The van der Waals surface area contributed by atoms with Crippen LogP contribution in [0.4, 0.5) is 0 Å². The summed E-state index contributed by atoms with van der Waals surface area (Å²) in [5.74, 6) is 0.265. The Hall–Kier alpha value is -0.410. The van der Waals surface area contributed by atoms with Gasteiger partial charge in [-0.2, -0.15) is 0 Å². The van der Waals surface area contributed by atoms with Gasteiger partial charge < -0.3 is 10.4 Å². The number of hydrogen-bond acceptors (Lipinski definition) is 3. The van der Waals surface area contributed by atoms with E-state index in [9.17, 15) is 9.90 Å². The van der Waals surface area contributed by atoms with Crippen molar-refractivity contribution in [3.05, 3.63) is 0 Å². The topological polar surface area (TPSA) is 49.3 Å². The van der Waals surface area contributed by atoms with Crippen molar-refractivity contribution in [1.82, 2.24) is 5.32 Å².